The molecule has 1 aliphatic rings. The van der Waals surface area contributed by atoms with E-state index in [0.717, 1.165) is 30.0 Å². The van der Waals surface area contributed by atoms with E-state index in [9.17, 15) is 17.2 Å². The monoisotopic (exact) mass is 441 g/mol. The Morgan fingerprint density at radius 1 is 1.14 bits per heavy atom. The van der Waals surface area contributed by atoms with Crippen LogP contribution in [0.1, 0.15) is 31.2 Å². The molecule has 1 fully saturated rings. The van der Waals surface area contributed by atoms with Gasteiger partial charge in [-0.05, 0) is 85.8 Å². The standard InChI is InChI=1S/C20H18ClF2NO2S2/c21-15-1-4-17(5-2-15)28(25,26)20(18-11-16(22)3-6-19(18)23)9-7-14(8-10-20)12-27-13-24/h1-6,11,14H,7-10,12H2. The average Bonchev–Trinajstić information content (AvgIpc) is 2.69. The molecule has 3 nitrogen and oxygen atoms in total. The van der Waals surface area contributed by atoms with Gasteiger partial charge in [0.15, 0.2) is 9.84 Å². The molecule has 0 N–H and O–H groups in total. The molecule has 0 atom stereocenters. The highest BCUT2D eigenvalue weighted by molar-refractivity contribution is 8.03. The molecule has 0 aliphatic heterocycles. The van der Waals surface area contributed by atoms with Crippen LogP contribution >= 0.6 is 23.4 Å². The highest BCUT2D eigenvalue weighted by Gasteiger charge is 2.49. The van der Waals surface area contributed by atoms with Crippen LogP contribution in [0.3, 0.4) is 0 Å². The molecule has 0 aromatic heterocycles. The molecule has 0 amide bonds. The first kappa shape index (κ1) is 21.1. The molecule has 0 spiro atoms. The van der Waals surface area contributed by atoms with E-state index < -0.39 is 26.2 Å². The second kappa shape index (κ2) is 8.40. The fourth-order valence-electron chi connectivity index (χ4n) is 3.83. The summed E-state index contributed by atoms with van der Waals surface area (Å²) in [6, 6.07) is 8.69. The minimum atomic E-state index is -4.01. The number of sulfone groups is 1. The van der Waals surface area contributed by atoms with Gasteiger partial charge in [-0.15, -0.1) is 0 Å². The minimum Gasteiger partial charge on any atom is -0.223 e. The first-order valence-electron chi connectivity index (χ1n) is 8.77. The second-order valence-corrected chi connectivity index (χ2v) is 10.4. The summed E-state index contributed by atoms with van der Waals surface area (Å²) in [6.07, 6.45) is 1.35. The second-order valence-electron chi connectivity index (χ2n) is 6.92. The average molecular weight is 442 g/mol. The van der Waals surface area contributed by atoms with Gasteiger partial charge >= 0.3 is 0 Å². The van der Waals surface area contributed by atoms with Crippen molar-refractivity contribution in [2.24, 2.45) is 5.92 Å². The van der Waals surface area contributed by atoms with Crippen LogP contribution in [-0.4, -0.2) is 14.2 Å². The Bertz CT molecular complexity index is 996. The summed E-state index contributed by atoms with van der Waals surface area (Å²) >= 11 is 7.01. The number of nitriles is 1. The summed E-state index contributed by atoms with van der Waals surface area (Å²) in [4.78, 5) is 0.0328. The Morgan fingerprint density at radius 2 is 1.79 bits per heavy atom. The summed E-state index contributed by atoms with van der Waals surface area (Å²) in [5.74, 6) is -0.651. The molecule has 0 bridgehead atoms. The third kappa shape index (κ3) is 3.91. The highest BCUT2D eigenvalue weighted by Crippen LogP contribution is 2.49. The zero-order valence-electron chi connectivity index (χ0n) is 14.9. The van der Waals surface area contributed by atoms with Crippen LogP contribution in [0.25, 0.3) is 0 Å². The lowest BCUT2D eigenvalue weighted by molar-refractivity contribution is 0.305. The molecule has 0 radical (unpaired) electrons. The number of hydrogen-bond acceptors (Lipinski definition) is 4. The van der Waals surface area contributed by atoms with Gasteiger partial charge in [0, 0.05) is 16.3 Å². The zero-order valence-corrected chi connectivity index (χ0v) is 17.3. The van der Waals surface area contributed by atoms with Crippen molar-refractivity contribution < 1.29 is 17.2 Å². The molecule has 0 heterocycles. The largest absolute Gasteiger partial charge is 0.223 e. The molecule has 8 heteroatoms. The lowest BCUT2D eigenvalue weighted by atomic mass is 9.78. The maximum atomic E-state index is 14.7. The van der Waals surface area contributed by atoms with E-state index >= 15 is 0 Å². The molecule has 28 heavy (non-hydrogen) atoms. The smallest absolute Gasteiger partial charge is 0.188 e. The molecule has 0 unspecified atom stereocenters. The van der Waals surface area contributed by atoms with E-state index in [1.807, 2.05) is 5.40 Å². The van der Waals surface area contributed by atoms with Crippen molar-refractivity contribution in [1.82, 2.24) is 0 Å². The van der Waals surface area contributed by atoms with Crippen LogP contribution < -0.4 is 0 Å². The van der Waals surface area contributed by atoms with Gasteiger partial charge in [0.05, 0.1) is 4.90 Å². The van der Waals surface area contributed by atoms with Gasteiger partial charge in [-0.2, -0.15) is 5.26 Å². The molecular formula is C20H18ClF2NO2S2. The Hall–Kier alpha value is -1.62. The summed E-state index contributed by atoms with van der Waals surface area (Å²) in [5.41, 5.74) is -0.131. The van der Waals surface area contributed by atoms with E-state index in [0.29, 0.717) is 23.6 Å². The lowest BCUT2D eigenvalue weighted by Gasteiger charge is -2.40. The first-order chi connectivity index (χ1) is 13.3. The fraction of sp³-hybridized carbons (Fsp3) is 0.350. The fourth-order valence-corrected chi connectivity index (χ4v) is 6.77. The molecule has 0 saturated heterocycles. The maximum Gasteiger partial charge on any atom is 0.188 e. The molecule has 148 valence electrons. The third-order valence-electron chi connectivity index (χ3n) is 5.35. The molecule has 3 rings (SSSR count). The number of benzene rings is 2. The van der Waals surface area contributed by atoms with Crippen molar-refractivity contribution in [2.75, 3.05) is 5.75 Å². The number of thiocyanates is 1. The van der Waals surface area contributed by atoms with Crippen molar-refractivity contribution in [2.45, 2.75) is 35.3 Å². The number of thioether (sulfide) groups is 1. The highest BCUT2D eigenvalue weighted by atomic mass is 35.5. The first-order valence-corrected chi connectivity index (χ1v) is 11.6. The summed E-state index contributed by atoms with van der Waals surface area (Å²) < 4.78 is 54.3. The van der Waals surface area contributed by atoms with Crippen molar-refractivity contribution in [3.05, 3.63) is 64.7 Å². The van der Waals surface area contributed by atoms with Crippen LogP contribution in [0.2, 0.25) is 5.02 Å². The predicted octanol–water partition coefficient (Wildman–Crippen LogP) is 5.69. The zero-order chi connectivity index (χ0) is 20.4. The number of halogens is 3. The topological polar surface area (TPSA) is 57.9 Å². The van der Waals surface area contributed by atoms with Crippen LogP contribution in [0.5, 0.6) is 0 Å². The lowest BCUT2D eigenvalue weighted by Crippen LogP contribution is -2.41. The summed E-state index contributed by atoms with van der Waals surface area (Å²) in [7, 11) is -4.01. The molecule has 1 saturated carbocycles. The maximum absolute atomic E-state index is 14.7. The van der Waals surface area contributed by atoms with Gasteiger partial charge in [-0.25, -0.2) is 17.2 Å². The third-order valence-corrected chi connectivity index (χ3v) is 8.92. The Kier molecular flexibility index (Phi) is 6.33. The SMILES string of the molecule is N#CSCC1CCC(c2cc(F)ccc2F)(S(=O)(=O)c2ccc(Cl)cc2)CC1. The van der Waals surface area contributed by atoms with E-state index in [1.54, 1.807) is 0 Å². The van der Waals surface area contributed by atoms with Gasteiger partial charge in [0.2, 0.25) is 0 Å². The quantitative estimate of drug-likeness (QED) is 0.559. The van der Waals surface area contributed by atoms with Crippen molar-refractivity contribution >= 4 is 33.2 Å². The Balaban J connectivity index is 2.09. The van der Waals surface area contributed by atoms with Crippen LogP contribution in [0, 0.1) is 28.2 Å². The van der Waals surface area contributed by atoms with Gasteiger partial charge in [0.1, 0.15) is 21.8 Å². The number of hydrogen-bond donors (Lipinski definition) is 0. The Labute approximate surface area is 172 Å². The van der Waals surface area contributed by atoms with Crippen molar-refractivity contribution in [1.29, 1.82) is 5.26 Å². The van der Waals surface area contributed by atoms with Gasteiger partial charge < -0.3 is 0 Å². The van der Waals surface area contributed by atoms with Crippen LogP contribution in [-0.2, 0) is 14.6 Å². The Morgan fingerprint density at radius 3 is 2.39 bits per heavy atom. The molecule has 2 aromatic carbocycles. The summed E-state index contributed by atoms with van der Waals surface area (Å²) in [6.45, 7) is 0. The predicted molar refractivity (Wildman–Crippen MR) is 107 cm³/mol. The molecule has 1 aliphatic carbocycles. The van der Waals surface area contributed by atoms with Crippen molar-refractivity contribution in [3.63, 3.8) is 0 Å². The van der Waals surface area contributed by atoms with Gasteiger partial charge in [-0.1, -0.05) is 11.6 Å². The number of rotatable bonds is 5. The molecule has 2 aromatic rings. The van der Waals surface area contributed by atoms with Gasteiger partial charge in [-0.3, -0.25) is 0 Å². The van der Waals surface area contributed by atoms with E-state index in [1.165, 1.54) is 24.3 Å². The summed E-state index contributed by atoms with van der Waals surface area (Å²) in [5, 5.41) is 11.2. The molecular weight excluding hydrogens is 424 g/mol. The van der Waals surface area contributed by atoms with Crippen LogP contribution in [0.15, 0.2) is 47.4 Å². The van der Waals surface area contributed by atoms with Crippen LogP contribution in [0.4, 0.5) is 8.78 Å². The number of nitrogens with zero attached hydrogens (tertiary/aromatic N) is 1. The van der Waals surface area contributed by atoms with E-state index in [2.05, 4.69) is 0 Å². The minimum absolute atomic E-state index is 0.0328. The normalized spacial score (nSPS) is 22.6. The van der Waals surface area contributed by atoms with E-state index in [-0.39, 0.29) is 29.2 Å². The van der Waals surface area contributed by atoms with E-state index in [4.69, 9.17) is 16.9 Å². The van der Waals surface area contributed by atoms with Crippen molar-refractivity contribution in [3.8, 4) is 5.40 Å². The van der Waals surface area contributed by atoms with Gasteiger partial charge in [0.25, 0.3) is 0 Å².